The maximum atomic E-state index is 12.2. The predicted octanol–water partition coefficient (Wildman–Crippen LogP) is 1.42. The Hall–Kier alpha value is -1.90. The Morgan fingerprint density at radius 3 is 2.56 bits per heavy atom. The number of hydrogen-bond acceptors (Lipinski definition) is 6. The molecule has 3 N–H and O–H groups in total. The van der Waals surface area contributed by atoms with Crippen LogP contribution in [0.3, 0.4) is 0 Å². The van der Waals surface area contributed by atoms with Gasteiger partial charge in [0.25, 0.3) is 0 Å². The van der Waals surface area contributed by atoms with E-state index in [1.807, 2.05) is 44.3 Å². The van der Waals surface area contributed by atoms with Crippen LogP contribution in [0.2, 0.25) is 0 Å². The van der Waals surface area contributed by atoms with Gasteiger partial charge in [0.05, 0.1) is 5.69 Å². The fraction of sp³-hybridized carbons (Fsp3) is 0.467. The average molecular weight is 390 g/mol. The van der Waals surface area contributed by atoms with E-state index >= 15 is 0 Å². The molecule has 0 aliphatic heterocycles. The maximum Gasteiger partial charge on any atom is 0.248 e. The molecule has 0 radical (unpaired) electrons. The summed E-state index contributed by atoms with van der Waals surface area (Å²) in [6, 6.07) is 9.17. The van der Waals surface area contributed by atoms with Crippen LogP contribution in [0.4, 0.5) is 5.95 Å². The summed E-state index contributed by atoms with van der Waals surface area (Å²) in [6.45, 7) is 3.46. The second kappa shape index (κ2) is 12.5. The van der Waals surface area contributed by atoms with Gasteiger partial charge >= 0.3 is 0 Å². The highest BCUT2D eigenvalue weighted by Gasteiger charge is 2.19. The molecule has 0 saturated heterocycles. The quantitative estimate of drug-likeness (QED) is 0.561. The van der Waals surface area contributed by atoms with Crippen LogP contribution in [0.15, 0.2) is 30.3 Å². The van der Waals surface area contributed by atoms with Crippen molar-refractivity contribution in [2.45, 2.75) is 25.8 Å². The van der Waals surface area contributed by atoms with Gasteiger partial charge < -0.3 is 16.0 Å². The monoisotopic (exact) mass is 389 g/mol. The van der Waals surface area contributed by atoms with Crippen molar-refractivity contribution in [3.8, 4) is 5.69 Å². The van der Waals surface area contributed by atoms with E-state index in [9.17, 15) is 4.79 Å². The first-order chi connectivity index (χ1) is 11.3. The number of tetrazole rings is 1. The minimum atomic E-state index is -0.377. The summed E-state index contributed by atoms with van der Waals surface area (Å²) in [7, 11) is 1.89. The summed E-state index contributed by atoms with van der Waals surface area (Å²) < 4.78 is 1.58. The first-order valence-electron chi connectivity index (χ1n) is 7.79. The van der Waals surface area contributed by atoms with Crippen molar-refractivity contribution >= 4 is 36.7 Å². The van der Waals surface area contributed by atoms with Gasteiger partial charge in [0.2, 0.25) is 11.9 Å². The molecule has 0 aliphatic carbocycles. The molecule has 1 amide bonds. The molecule has 1 aromatic carbocycles. The molecule has 0 bridgehead atoms. The van der Waals surface area contributed by atoms with E-state index < -0.39 is 0 Å². The zero-order valence-corrected chi connectivity index (χ0v) is 15.9. The Morgan fingerprint density at radius 2 is 1.92 bits per heavy atom. The van der Waals surface area contributed by atoms with Gasteiger partial charge in [-0.05, 0) is 49.0 Å². The molecule has 25 heavy (non-hydrogen) atoms. The number of nitrogens with one attached hydrogen (secondary N) is 3. The van der Waals surface area contributed by atoms with Crippen LogP contribution in [0.1, 0.15) is 19.8 Å². The molecule has 0 spiro atoms. The molecule has 140 valence electrons. The molecule has 1 heterocycles. The van der Waals surface area contributed by atoms with Gasteiger partial charge in [0.1, 0.15) is 6.04 Å². The third kappa shape index (κ3) is 6.85. The van der Waals surface area contributed by atoms with Crippen molar-refractivity contribution in [1.82, 2.24) is 30.8 Å². The van der Waals surface area contributed by atoms with Crippen molar-refractivity contribution in [2.24, 2.45) is 0 Å². The largest absolute Gasteiger partial charge is 0.354 e. The summed E-state index contributed by atoms with van der Waals surface area (Å²) in [6.07, 6.45) is 1.53. The van der Waals surface area contributed by atoms with Gasteiger partial charge in [0.15, 0.2) is 0 Å². The first kappa shape index (κ1) is 23.1. The van der Waals surface area contributed by atoms with Crippen LogP contribution in [-0.4, -0.2) is 52.3 Å². The lowest BCUT2D eigenvalue weighted by Gasteiger charge is -2.17. The van der Waals surface area contributed by atoms with E-state index in [4.69, 9.17) is 0 Å². The highest BCUT2D eigenvalue weighted by Crippen LogP contribution is 2.12. The molecular formula is C15H25Cl2N7O. The van der Waals surface area contributed by atoms with Crippen molar-refractivity contribution in [3.05, 3.63) is 30.3 Å². The molecule has 0 aliphatic rings. The van der Waals surface area contributed by atoms with Gasteiger partial charge in [-0.25, -0.2) is 0 Å². The number of rotatable bonds is 9. The number of para-hydroxylation sites is 1. The van der Waals surface area contributed by atoms with E-state index in [0.29, 0.717) is 18.9 Å². The topological polar surface area (TPSA) is 96.8 Å². The molecule has 1 unspecified atom stereocenters. The Labute approximate surface area is 160 Å². The lowest BCUT2D eigenvalue weighted by molar-refractivity contribution is -0.121. The van der Waals surface area contributed by atoms with Gasteiger partial charge in [-0.3, -0.25) is 4.79 Å². The Bertz CT molecular complexity index is 609. The number of anilines is 1. The number of aromatic nitrogens is 4. The Balaban J connectivity index is 0.00000288. The summed E-state index contributed by atoms with van der Waals surface area (Å²) in [4.78, 5) is 12.2. The van der Waals surface area contributed by atoms with E-state index in [0.717, 1.165) is 18.7 Å². The zero-order chi connectivity index (χ0) is 16.5. The van der Waals surface area contributed by atoms with E-state index in [1.165, 1.54) is 0 Å². The third-order valence-corrected chi connectivity index (χ3v) is 3.40. The van der Waals surface area contributed by atoms with Crippen molar-refractivity contribution in [2.75, 3.05) is 25.5 Å². The summed E-state index contributed by atoms with van der Waals surface area (Å²) in [5.74, 6) is 0.402. The van der Waals surface area contributed by atoms with Crippen LogP contribution < -0.4 is 16.0 Å². The van der Waals surface area contributed by atoms with Crippen LogP contribution in [-0.2, 0) is 4.79 Å². The van der Waals surface area contributed by atoms with Crippen molar-refractivity contribution < 1.29 is 4.79 Å². The third-order valence-electron chi connectivity index (χ3n) is 3.40. The standard InChI is InChI=1S/C15H23N7O.2ClH/c1-3-13(14(23)17-11-7-10-16-2)18-15-19-20-21-22(15)12-8-5-4-6-9-12;;/h4-6,8-9,13,16H,3,7,10-11H2,1-2H3,(H,17,23)(H,18,19,21);2*1H. The average Bonchev–Trinajstić information content (AvgIpc) is 3.05. The number of amides is 1. The fourth-order valence-corrected chi connectivity index (χ4v) is 2.13. The SMILES string of the molecule is CCC(Nc1nnnn1-c1ccccc1)C(=O)NCCCNC.Cl.Cl. The highest BCUT2D eigenvalue weighted by atomic mass is 35.5. The lowest BCUT2D eigenvalue weighted by atomic mass is 10.2. The molecule has 0 saturated carbocycles. The predicted molar refractivity (Wildman–Crippen MR) is 103 cm³/mol. The minimum absolute atomic E-state index is 0. The molecule has 1 aromatic heterocycles. The lowest BCUT2D eigenvalue weighted by Crippen LogP contribution is -2.40. The van der Waals surface area contributed by atoms with E-state index in [-0.39, 0.29) is 36.8 Å². The Morgan fingerprint density at radius 1 is 1.20 bits per heavy atom. The fourth-order valence-electron chi connectivity index (χ4n) is 2.13. The minimum Gasteiger partial charge on any atom is -0.354 e. The number of carbonyl (C=O) groups excluding carboxylic acids is 1. The van der Waals surface area contributed by atoms with Crippen molar-refractivity contribution in [3.63, 3.8) is 0 Å². The molecule has 1 atom stereocenters. The van der Waals surface area contributed by atoms with Crippen molar-refractivity contribution in [1.29, 1.82) is 0 Å². The van der Waals surface area contributed by atoms with Gasteiger partial charge in [-0.15, -0.1) is 24.8 Å². The number of nitrogens with zero attached hydrogens (tertiary/aromatic N) is 4. The number of halogens is 2. The molecule has 2 aromatic rings. The van der Waals surface area contributed by atoms with Gasteiger partial charge in [0, 0.05) is 6.54 Å². The van der Waals surface area contributed by atoms with E-state index in [1.54, 1.807) is 4.68 Å². The summed E-state index contributed by atoms with van der Waals surface area (Å²) >= 11 is 0. The number of carbonyl (C=O) groups is 1. The van der Waals surface area contributed by atoms with Gasteiger partial charge in [-0.2, -0.15) is 4.68 Å². The summed E-state index contributed by atoms with van der Waals surface area (Å²) in [5.41, 5.74) is 0.837. The second-order valence-corrected chi connectivity index (χ2v) is 5.10. The highest BCUT2D eigenvalue weighted by molar-refractivity contribution is 5.85. The number of hydrogen-bond donors (Lipinski definition) is 3. The normalized spacial score (nSPS) is 11.0. The maximum absolute atomic E-state index is 12.2. The molecule has 8 nitrogen and oxygen atoms in total. The molecule has 10 heteroatoms. The molecular weight excluding hydrogens is 365 g/mol. The Kier molecular flexibility index (Phi) is 11.5. The summed E-state index contributed by atoms with van der Waals surface area (Å²) in [5, 5.41) is 20.7. The van der Waals surface area contributed by atoms with Gasteiger partial charge in [-0.1, -0.05) is 30.2 Å². The van der Waals surface area contributed by atoms with Crippen LogP contribution in [0, 0.1) is 0 Å². The van der Waals surface area contributed by atoms with Crippen LogP contribution in [0.25, 0.3) is 5.69 Å². The zero-order valence-electron chi connectivity index (χ0n) is 14.3. The second-order valence-electron chi connectivity index (χ2n) is 5.10. The van der Waals surface area contributed by atoms with Crippen LogP contribution in [0.5, 0.6) is 0 Å². The van der Waals surface area contributed by atoms with Crippen LogP contribution >= 0.6 is 24.8 Å². The van der Waals surface area contributed by atoms with E-state index in [2.05, 4.69) is 31.5 Å². The molecule has 2 rings (SSSR count). The first-order valence-corrected chi connectivity index (χ1v) is 7.79. The number of benzene rings is 1. The smallest absolute Gasteiger partial charge is 0.248 e. The molecule has 0 fully saturated rings.